The number of ether oxygens (including phenoxy) is 2. The Bertz CT molecular complexity index is 743. The molecule has 4 rings (SSSR count). The number of rotatable bonds is 7. The smallest absolute Gasteiger partial charge is 0.245 e. The molecule has 4 aliphatic heterocycles. The second kappa shape index (κ2) is 8.31. The molecule has 6 atom stereocenters. The molecule has 31 heavy (non-hydrogen) atoms. The quantitative estimate of drug-likeness (QED) is 0.428. The third-order valence-corrected chi connectivity index (χ3v) is 7.76. The summed E-state index contributed by atoms with van der Waals surface area (Å²) in [4.78, 5) is 43.3. The number of nitrogens with zero attached hydrogens (tertiary/aromatic N) is 2. The molecule has 0 radical (unpaired) electrons. The van der Waals surface area contributed by atoms with Crippen LogP contribution in [0.2, 0.25) is 0 Å². The number of carbonyl (C=O) groups is 3. The molecule has 2 bridgehead atoms. The van der Waals surface area contributed by atoms with Crippen molar-refractivity contribution < 1.29 is 29.0 Å². The lowest BCUT2D eigenvalue weighted by Gasteiger charge is -2.36. The molecule has 0 saturated carbocycles. The first-order valence-corrected chi connectivity index (χ1v) is 11.2. The summed E-state index contributed by atoms with van der Waals surface area (Å²) in [5.41, 5.74) is -1.86. The Labute approximate surface area is 182 Å². The van der Waals surface area contributed by atoms with Crippen molar-refractivity contribution >= 4 is 17.7 Å². The van der Waals surface area contributed by atoms with Gasteiger partial charge in [-0.3, -0.25) is 19.3 Å². The van der Waals surface area contributed by atoms with Crippen LogP contribution in [-0.4, -0.2) is 109 Å². The molecule has 0 aromatic carbocycles. The van der Waals surface area contributed by atoms with Gasteiger partial charge in [0, 0.05) is 39.8 Å². The number of fused-ring (bicyclic) bond motifs is 1. The summed E-state index contributed by atoms with van der Waals surface area (Å²) in [7, 11) is 1.55. The van der Waals surface area contributed by atoms with E-state index in [1.54, 1.807) is 7.05 Å². The number of hydrogen-bond acceptors (Lipinski definition) is 7. The number of aliphatic hydroxyl groups is 1. The van der Waals surface area contributed by atoms with Crippen LogP contribution in [0.1, 0.15) is 20.3 Å². The summed E-state index contributed by atoms with van der Waals surface area (Å²) in [5, 5.41) is 15.2. The molecule has 3 amide bonds. The van der Waals surface area contributed by atoms with Crippen molar-refractivity contribution in [1.82, 2.24) is 20.4 Å². The van der Waals surface area contributed by atoms with E-state index in [0.717, 1.165) is 13.1 Å². The Morgan fingerprint density at radius 2 is 1.94 bits per heavy atom. The topological polar surface area (TPSA) is 120 Å². The van der Waals surface area contributed by atoms with Gasteiger partial charge in [0.25, 0.3) is 0 Å². The van der Waals surface area contributed by atoms with E-state index in [0.29, 0.717) is 32.7 Å². The van der Waals surface area contributed by atoms with E-state index < -0.39 is 29.1 Å². The van der Waals surface area contributed by atoms with E-state index in [-0.39, 0.29) is 36.8 Å². The van der Waals surface area contributed by atoms with Gasteiger partial charge in [0.15, 0.2) is 0 Å². The highest BCUT2D eigenvalue weighted by Crippen LogP contribution is 2.65. The third kappa shape index (κ3) is 3.35. The molecule has 10 nitrogen and oxygen atoms in total. The molecule has 174 valence electrons. The van der Waals surface area contributed by atoms with Crippen molar-refractivity contribution in [2.75, 3.05) is 59.6 Å². The Kier molecular flexibility index (Phi) is 6.01. The van der Waals surface area contributed by atoms with Gasteiger partial charge in [0.1, 0.15) is 11.6 Å². The summed E-state index contributed by atoms with van der Waals surface area (Å²) >= 11 is 0. The Balaban J connectivity index is 1.58. The number of carbonyl (C=O) groups excluding carboxylic acids is 3. The van der Waals surface area contributed by atoms with E-state index in [1.165, 1.54) is 4.90 Å². The van der Waals surface area contributed by atoms with Crippen LogP contribution in [-0.2, 0) is 23.9 Å². The number of morpholine rings is 1. The second-order valence-electron chi connectivity index (χ2n) is 9.32. The van der Waals surface area contributed by atoms with Gasteiger partial charge in [-0.2, -0.15) is 0 Å². The molecular weight excluding hydrogens is 404 g/mol. The van der Waals surface area contributed by atoms with Crippen molar-refractivity contribution in [2.45, 2.75) is 37.5 Å². The van der Waals surface area contributed by atoms with Crippen molar-refractivity contribution in [3.63, 3.8) is 0 Å². The van der Waals surface area contributed by atoms with Crippen molar-refractivity contribution in [1.29, 1.82) is 0 Å². The van der Waals surface area contributed by atoms with Crippen LogP contribution >= 0.6 is 0 Å². The van der Waals surface area contributed by atoms with Crippen molar-refractivity contribution in [3.8, 4) is 0 Å². The number of hydrogen-bond donors (Lipinski definition) is 3. The molecule has 4 saturated heterocycles. The number of likely N-dealkylation sites (tertiary alicyclic amines) is 1. The normalized spacial score (nSPS) is 39.6. The summed E-state index contributed by atoms with van der Waals surface area (Å²) < 4.78 is 11.9. The lowest BCUT2D eigenvalue weighted by Crippen LogP contribution is -2.56. The number of aliphatic hydroxyl groups excluding tert-OH is 1. The largest absolute Gasteiger partial charge is 0.395 e. The molecule has 1 spiro atoms. The summed E-state index contributed by atoms with van der Waals surface area (Å²) in [6, 6.07) is -0.860. The zero-order chi connectivity index (χ0) is 22.4. The second-order valence-corrected chi connectivity index (χ2v) is 9.32. The molecular formula is C21H34N4O6. The van der Waals surface area contributed by atoms with Crippen LogP contribution in [0.3, 0.4) is 0 Å². The van der Waals surface area contributed by atoms with Gasteiger partial charge in [-0.15, -0.1) is 0 Å². The minimum Gasteiger partial charge on any atom is -0.395 e. The summed E-state index contributed by atoms with van der Waals surface area (Å²) in [6.07, 6.45) is 0.525. The van der Waals surface area contributed by atoms with Crippen LogP contribution < -0.4 is 10.6 Å². The average molecular weight is 439 g/mol. The minimum atomic E-state index is -1.05. The standard InChI is InChI=1S/C21H34N4O6/c1-13-12-21-15(14(17(27)22-3)20(13,2)31-21)19(29)25(6-9-26)16(21)18(28)23-4-5-24-7-10-30-11-8-24/h13-16,26H,4-12H2,1-3H3,(H,22,27)(H,23,28)/t13?,14-,15-,16?,20+,21?/m0/s1. The van der Waals surface area contributed by atoms with E-state index in [4.69, 9.17) is 9.47 Å². The van der Waals surface area contributed by atoms with E-state index in [9.17, 15) is 19.5 Å². The van der Waals surface area contributed by atoms with E-state index >= 15 is 0 Å². The highest BCUT2D eigenvalue weighted by molar-refractivity contribution is 5.99. The fourth-order valence-electron chi connectivity index (χ4n) is 6.20. The van der Waals surface area contributed by atoms with Crippen LogP contribution in [0.25, 0.3) is 0 Å². The average Bonchev–Trinajstić information content (AvgIpc) is 3.26. The maximum atomic E-state index is 13.4. The molecule has 0 aromatic rings. The molecule has 4 fully saturated rings. The van der Waals surface area contributed by atoms with E-state index in [2.05, 4.69) is 15.5 Å². The molecule has 0 aliphatic carbocycles. The molecule has 3 unspecified atom stereocenters. The fraction of sp³-hybridized carbons (Fsp3) is 0.857. The monoisotopic (exact) mass is 438 g/mol. The van der Waals surface area contributed by atoms with Gasteiger partial charge in [0.05, 0.1) is 37.3 Å². The number of β-amino-alcohol motifs (C(OH)–C–C–N with tert-alkyl or cyclic N) is 1. The highest BCUT2D eigenvalue weighted by Gasteiger charge is 2.79. The zero-order valence-corrected chi connectivity index (χ0v) is 18.6. The van der Waals surface area contributed by atoms with Crippen molar-refractivity contribution in [2.24, 2.45) is 17.8 Å². The Morgan fingerprint density at radius 3 is 2.58 bits per heavy atom. The number of amides is 3. The highest BCUT2D eigenvalue weighted by atomic mass is 16.5. The Hall–Kier alpha value is -1.75. The molecule has 4 heterocycles. The third-order valence-electron chi connectivity index (χ3n) is 7.76. The van der Waals surface area contributed by atoms with Gasteiger partial charge in [-0.25, -0.2) is 0 Å². The lowest BCUT2D eigenvalue weighted by molar-refractivity contribution is -0.147. The maximum Gasteiger partial charge on any atom is 0.245 e. The van der Waals surface area contributed by atoms with Gasteiger partial charge in [-0.1, -0.05) is 6.92 Å². The molecule has 10 heteroatoms. The van der Waals surface area contributed by atoms with Crippen LogP contribution in [0.4, 0.5) is 0 Å². The van der Waals surface area contributed by atoms with Crippen LogP contribution in [0.5, 0.6) is 0 Å². The number of nitrogens with one attached hydrogen (secondary N) is 2. The predicted molar refractivity (Wildman–Crippen MR) is 110 cm³/mol. The maximum absolute atomic E-state index is 13.4. The van der Waals surface area contributed by atoms with Gasteiger partial charge >= 0.3 is 0 Å². The first-order chi connectivity index (χ1) is 14.8. The van der Waals surface area contributed by atoms with Crippen molar-refractivity contribution in [3.05, 3.63) is 0 Å². The van der Waals surface area contributed by atoms with Gasteiger partial charge in [-0.05, 0) is 19.3 Å². The molecule has 3 N–H and O–H groups in total. The first kappa shape index (κ1) is 22.4. The zero-order valence-electron chi connectivity index (χ0n) is 18.6. The van der Waals surface area contributed by atoms with Gasteiger partial charge in [0.2, 0.25) is 17.7 Å². The SMILES string of the molecule is CNC(=O)[C@@H]1[C@H]2C(=O)N(CCO)C(C(=O)NCCN3CCOCC3)C23CC(C)[C@@]1(C)O3. The fourth-order valence-corrected chi connectivity index (χ4v) is 6.20. The van der Waals surface area contributed by atoms with Gasteiger partial charge < -0.3 is 30.1 Å². The first-order valence-electron chi connectivity index (χ1n) is 11.2. The predicted octanol–water partition coefficient (Wildman–Crippen LogP) is -1.82. The summed E-state index contributed by atoms with van der Waals surface area (Å²) in [5.74, 6) is -2.20. The van der Waals surface area contributed by atoms with Crippen LogP contribution in [0.15, 0.2) is 0 Å². The minimum absolute atomic E-state index is 0.0107. The Morgan fingerprint density at radius 1 is 1.23 bits per heavy atom. The summed E-state index contributed by atoms with van der Waals surface area (Å²) in [6.45, 7) is 7.83. The lowest BCUT2D eigenvalue weighted by atomic mass is 9.62. The van der Waals surface area contributed by atoms with Crippen LogP contribution in [0, 0.1) is 17.8 Å². The van der Waals surface area contributed by atoms with E-state index in [1.807, 2.05) is 13.8 Å². The molecule has 4 aliphatic rings. The molecule has 0 aromatic heterocycles.